The molecule has 0 amide bonds. The Balaban J connectivity index is 2.14. The lowest BCUT2D eigenvalue weighted by molar-refractivity contribution is 0.491. The van der Waals surface area contributed by atoms with Crippen LogP contribution in [0, 0.1) is 11.3 Å². The van der Waals surface area contributed by atoms with Gasteiger partial charge in [-0.15, -0.1) is 0 Å². The third kappa shape index (κ3) is 2.47. The van der Waals surface area contributed by atoms with Gasteiger partial charge in [0.2, 0.25) is 0 Å². The third-order valence-electron chi connectivity index (χ3n) is 4.57. The highest BCUT2D eigenvalue weighted by atomic mass is 14.9. The van der Waals surface area contributed by atoms with Gasteiger partial charge < -0.3 is 5.32 Å². The van der Waals surface area contributed by atoms with Crippen molar-refractivity contribution in [2.24, 2.45) is 11.3 Å². The van der Waals surface area contributed by atoms with Crippen molar-refractivity contribution in [1.29, 1.82) is 0 Å². The summed E-state index contributed by atoms with van der Waals surface area (Å²) >= 11 is 0. The molecule has 0 radical (unpaired) electrons. The highest BCUT2D eigenvalue weighted by Gasteiger charge is 2.57. The largest absolute Gasteiger partial charge is 0.314 e. The molecule has 1 saturated carbocycles. The second kappa shape index (κ2) is 5.05. The van der Waals surface area contributed by atoms with E-state index in [-0.39, 0.29) is 0 Å². The molecule has 1 aromatic rings. The van der Waals surface area contributed by atoms with E-state index in [2.05, 4.69) is 64.2 Å². The van der Waals surface area contributed by atoms with Gasteiger partial charge in [0, 0.05) is 6.04 Å². The van der Waals surface area contributed by atoms with Gasteiger partial charge in [0.1, 0.15) is 0 Å². The first kappa shape index (κ1) is 13.6. The quantitative estimate of drug-likeness (QED) is 0.827. The van der Waals surface area contributed by atoms with Crippen LogP contribution in [0.15, 0.2) is 24.3 Å². The van der Waals surface area contributed by atoms with Gasteiger partial charge in [-0.2, -0.15) is 0 Å². The van der Waals surface area contributed by atoms with E-state index in [1.807, 2.05) is 0 Å². The Morgan fingerprint density at radius 2 is 1.89 bits per heavy atom. The molecule has 1 fully saturated rings. The molecular formula is C17H27N. The van der Waals surface area contributed by atoms with Crippen LogP contribution in [-0.2, 0) is 6.42 Å². The lowest BCUT2D eigenvalue weighted by Crippen LogP contribution is -2.26. The number of aryl methyl sites for hydroxylation is 1. The molecule has 2 rings (SSSR count). The molecule has 1 aliphatic rings. The molecule has 0 heterocycles. The molecule has 2 unspecified atom stereocenters. The summed E-state index contributed by atoms with van der Waals surface area (Å²) in [4.78, 5) is 0. The van der Waals surface area contributed by atoms with Crippen molar-refractivity contribution >= 4 is 0 Å². The van der Waals surface area contributed by atoms with Gasteiger partial charge in [-0.05, 0) is 41.3 Å². The first-order valence-electron chi connectivity index (χ1n) is 7.29. The van der Waals surface area contributed by atoms with Crippen molar-refractivity contribution in [2.45, 2.75) is 53.0 Å². The molecule has 1 aromatic carbocycles. The summed E-state index contributed by atoms with van der Waals surface area (Å²) in [5.41, 5.74) is 3.57. The summed E-state index contributed by atoms with van der Waals surface area (Å²) in [5.74, 6) is 1.52. The molecule has 1 nitrogen and oxygen atoms in total. The maximum absolute atomic E-state index is 3.60. The minimum absolute atomic E-state index is 0.452. The number of hydrogen-bond acceptors (Lipinski definition) is 1. The molecule has 1 N–H and O–H groups in total. The molecule has 1 heteroatoms. The van der Waals surface area contributed by atoms with Crippen LogP contribution >= 0.6 is 0 Å². The average Bonchev–Trinajstić information content (AvgIpc) is 2.88. The molecule has 0 aliphatic heterocycles. The lowest BCUT2D eigenvalue weighted by atomic mass is 9.97. The number of benzene rings is 1. The van der Waals surface area contributed by atoms with Crippen molar-refractivity contribution in [3.63, 3.8) is 0 Å². The molecule has 0 spiro atoms. The summed E-state index contributed by atoms with van der Waals surface area (Å²) in [5, 5.41) is 3.60. The Morgan fingerprint density at radius 1 is 1.22 bits per heavy atom. The number of rotatable bonds is 5. The smallest absolute Gasteiger partial charge is 0.00105 e. The van der Waals surface area contributed by atoms with E-state index < -0.39 is 0 Å². The summed E-state index contributed by atoms with van der Waals surface area (Å²) in [6.45, 7) is 12.7. The summed E-state index contributed by atoms with van der Waals surface area (Å²) in [6, 6.07) is 9.56. The monoisotopic (exact) mass is 245 g/mol. The minimum atomic E-state index is 0.452. The van der Waals surface area contributed by atoms with Gasteiger partial charge in [-0.3, -0.25) is 0 Å². The van der Waals surface area contributed by atoms with Crippen molar-refractivity contribution < 1.29 is 0 Å². The average molecular weight is 245 g/mol. The van der Waals surface area contributed by atoms with Crippen molar-refractivity contribution in [1.82, 2.24) is 5.32 Å². The molecular weight excluding hydrogens is 218 g/mol. The number of hydrogen-bond donors (Lipinski definition) is 1. The van der Waals surface area contributed by atoms with E-state index in [1.165, 1.54) is 5.56 Å². The fraction of sp³-hybridized carbons (Fsp3) is 0.647. The Labute approximate surface area is 112 Å². The number of nitrogens with one attached hydrogen (secondary N) is 1. The van der Waals surface area contributed by atoms with Gasteiger partial charge in [0.15, 0.2) is 0 Å². The zero-order valence-corrected chi connectivity index (χ0v) is 12.5. The maximum atomic E-state index is 3.60. The highest BCUT2D eigenvalue weighted by molar-refractivity contribution is 5.38. The molecule has 0 bridgehead atoms. The van der Waals surface area contributed by atoms with Crippen LogP contribution in [0.1, 0.15) is 51.7 Å². The summed E-state index contributed by atoms with van der Waals surface area (Å²) < 4.78 is 0. The standard InChI is InChI=1S/C17H27N/c1-6-13-9-7-8-10-14(13)16-15(17(16,4)5)11-18-12(2)3/h7-10,12,15-16,18H,6,11H2,1-5H3. The van der Waals surface area contributed by atoms with Gasteiger partial charge in [0.05, 0.1) is 0 Å². The van der Waals surface area contributed by atoms with Crippen LogP contribution in [-0.4, -0.2) is 12.6 Å². The Hall–Kier alpha value is -0.820. The first-order valence-corrected chi connectivity index (χ1v) is 7.29. The zero-order chi connectivity index (χ0) is 13.3. The van der Waals surface area contributed by atoms with Gasteiger partial charge >= 0.3 is 0 Å². The van der Waals surface area contributed by atoms with Crippen molar-refractivity contribution in [3.8, 4) is 0 Å². The topological polar surface area (TPSA) is 12.0 Å². The van der Waals surface area contributed by atoms with Crippen LogP contribution in [0.2, 0.25) is 0 Å². The van der Waals surface area contributed by atoms with E-state index >= 15 is 0 Å². The van der Waals surface area contributed by atoms with E-state index in [0.29, 0.717) is 11.5 Å². The van der Waals surface area contributed by atoms with E-state index in [0.717, 1.165) is 24.8 Å². The normalized spacial score (nSPS) is 25.4. The summed E-state index contributed by atoms with van der Waals surface area (Å²) in [7, 11) is 0. The SMILES string of the molecule is CCc1ccccc1C1C(CNC(C)C)C1(C)C. The van der Waals surface area contributed by atoms with Gasteiger partial charge in [-0.1, -0.05) is 58.9 Å². The molecule has 1 aliphatic carbocycles. The highest BCUT2D eigenvalue weighted by Crippen LogP contribution is 2.64. The van der Waals surface area contributed by atoms with Crippen LogP contribution in [0.3, 0.4) is 0 Å². The molecule has 2 atom stereocenters. The Morgan fingerprint density at radius 3 is 2.50 bits per heavy atom. The van der Waals surface area contributed by atoms with E-state index in [9.17, 15) is 0 Å². The Bertz CT molecular complexity index is 406. The van der Waals surface area contributed by atoms with Gasteiger partial charge in [-0.25, -0.2) is 0 Å². The predicted molar refractivity (Wildman–Crippen MR) is 79.0 cm³/mol. The lowest BCUT2D eigenvalue weighted by Gasteiger charge is -2.09. The molecule has 100 valence electrons. The maximum Gasteiger partial charge on any atom is 0.00105 e. The predicted octanol–water partition coefficient (Wildman–Crippen LogP) is 3.99. The molecule has 0 saturated heterocycles. The summed E-state index contributed by atoms with van der Waals surface area (Å²) in [6.07, 6.45) is 1.15. The van der Waals surface area contributed by atoms with Crippen LogP contribution < -0.4 is 5.32 Å². The second-order valence-electron chi connectivity index (χ2n) is 6.52. The van der Waals surface area contributed by atoms with Crippen molar-refractivity contribution in [3.05, 3.63) is 35.4 Å². The minimum Gasteiger partial charge on any atom is -0.314 e. The second-order valence-corrected chi connectivity index (χ2v) is 6.52. The Kier molecular flexibility index (Phi) is 3.82. The first-order chi connectivity index (χ1) is 8.48. The molecule has 18 heavy (non-hydrogen) atoms. The third-order valence-corrected chi connectivity index (χ3v) is 4.57. The van der Waals surface area contributed by atoms with Crippen molar-refractivity contribution in [2.75, 3.05) is 6.54 Å². The fourth-order valence-electron chi connectivity index (χ4n) is 3.26. The zero-order valence-electron chi connectivity index (χ0n) is 12.5. The fourth-order valence-corrected chi connectivity index (χ4v) is 3.26. The van der Waals surface area contributed by atoms with E-state index in [4.69, 9.17) is 0 Å². The van der Waals surface area contributed by atoms with E-state index in [1.54, 1.807) is 5.56 Å². The van der Waals surface area contributed by atoms with Crippen LogP contribution in [0.4, 0.5) is 0 Å². The molecule has 0 aromatic heterocycles. The van der Waals surface area contributed by atoms with Crippen LogP contribution in [0.25, 0.3) is 0 Å². The van der Waals surface area contributed by atoms with Gasteiger partial charge in [0.25, 0.3) is 0 Å². The van der Waals surface area contributed by atoms with Crippen LogP contribution in [0.5, 0.6) is 0 Å².